The number of carbonyl (C=O) groups is 3. The van der Waals surface area contributed by atoms with Crippen LogP contribution in [0.25, 0.3) is 0 Å². The van der Waals surface area contributed by atoms with Crippen molar-refractivity contribution in [3.63, 3.8) is 0 Å². The van der Waals surface area contributed by atoms with E-state index in [1.165, 1.54) is 0 Å². The molecule has 0 aromatic heterocycles. The van der Waals surface area contributed by atoms with Gasteiger partial charge in [-0.3, -0.25) is 14.4 Å². The number of anilines is 2. The van der Waals surface area contributed by atoms with Gasteiger partial charge in [-0.2, -0.15) is 0 Å². The first-order chi connectivity index (χ1) is 16.7. The van der Waals surface area contributed by atoms with Gasteiger partial charge in [-0.25, -0.2) is 4.99 Å². The molecule has 7 N–H and O–H groups in total. The Labute approximate surface area is 203 Å². The summed E-state index contributed by atoms with van der Waals surface area (Å²) in [7, 11) is 1.55. The summed E-state index contributed by atoms with van der Waals surface area (Å²) in [5.41, 5.74) is 19.6. The number of aryl methyl sites for hydroxylation is 1. The number of nitrogens with zero attached hydrogens (tertiary/aromatic N) is 2. The Morgan fingerprint density at radius 1 is 1.14 bits per heavy atom. The number of rotatable bonds is 8. The van der Waals surface area contributed by atoms with Crippen LogP contribution in [0.15, 0.2) is 58.7 Å². The van der Waals surface area contributed by atoms with Gasteiger partial charge in [0.2, 0.25) is 5.91 Å². The van der Waals surface area contributed by atoms with Gasteiger partial charge < -0.3 is 32.2 Å². The minimum Gasteiger partial charge on any atom is -0.497 e. The van der Waals surface area contributed by atoms with Gasteiger partial charge in [0.05, 0.1) is 12.8 Å². The fourth-order valence-electron chi connectivity index (χ4n) is 3.69. The first kappa shape index (κ1) is 25.4. The van der Waals surface area contributed by atoms with Crippen LogP contribution >= 0.6 is 0 Å². The third-order valence-corrected chi connectivity index (χ3v) is 5.63. The minimum absolute atomic E-state index is 0.0505. The fraction of sp³-hybridized carbons (Fsp3) is 0.280. The lowest BCUT2D eigenvalue weighted by Gasteiger charge is -2.30. The number of aliphatic imine (C=N–C) groups is 1. The Kier molecular flexibility index (Phi) is 8.21. The molecule has 1 aliphatic heterocycles. The Bertz CT molecular complexity index is 1190. The summed E-state index contributed by atoms with van der Waals surface area (Å²) in [5, 5.41) is 2.86. The molecule has 35 heavy (non-hydrogen) atoms. The molecule has 0 unspecified atom stereocenters. The minimum atomic E-state index is -0.811. The zero-order chi connectivity index (χ0) is 25.5. The largest absolute Gasteiger partial charge is 0.497 e. The van der Waals surface area contributed by atoms with E-state index in [1.54, 1.807) is 48.4 Å². The molecular formula is C25H30N6O4. The summed E-state index contributed by atoms with van der Waals surface area (Å²) in [6.07, 6.45) is 1.24. The third kappa shape index (κ3) is 6.04. The Morgan fingerprint density at radius 3 is 2.46 bits per heavy atom. The number of amides is 3. The molecule has 3 rings (SSSR count). The second-order valence-corrected chi connectivity index (χ2v) is 8.06. The molecule has 0 atom stereocenters. The summed E-state index contributed by atoms with van der Waals surface area (Å²) in [5.74, 6) is -0.700. The number of piperidine rings is 1. The molecule has 0 spiro atoms. The van der Waals surface area contributed by atoms with Crippen molar-refractivity contribution in [1.82, 2.24) is 0 Å². The lowest BCUT2D eigenvalue weighted by atomic mass is 9.97. The summed E-state index contributed by atoms with van der Waals surface area (Å²) in [6.45, 7) is 2.57. The van der Waals surface area contributed by atoms with Crippen LogP contribution in [0.4, 0.5) is 17.1 Å². The van der Waals surface area contributed by atoms with Crippen LogP contribution in [0.5, 0.6) is 5.75 Å². The number of hydrogen-bond donors (Lipinski definition) is 4. The zero-order valence-corrected chi connectivity index (χ0v) is 19.8. The molecular weight excluding hydrogens is 448 g/mol. The lowest BCUT2D eigenvalue weighted by Crippen LogP contribution is -2.44. The van der Waals surface area contributed by atoms with Gasteiger partial charge in [0.25, 0.3) is 11.8 Å². The highest BCUT2D eigenvalue weighted by Crippen LogP contribution is 2.29. The number of ether oxygens (including phenoxy) is 1. The van der Waals surface area contributed by atoms with Crippen LogP contribution in [0.1, 0.15) is 24.8 Å². The molecule has 10 nitrogen and oxygen atoms in total. The van der Waals surface area contributed by atoms with Crippen LogP contribution in [-0.4, -0.2) is 43.6 Å². The highest BCUT2D eigenvalue weighted by Gasteiger charge is 2.32. The van der Waals surface area contributed by atoms with Crippen molar-refractivity contribution in [2.45, 2.75) is 26.2 Å². The second kappa shape index (κ2) is 11.3. The maximum absolute atomic E-state index is 13.5. The number of hydrogen-bond acceptors (Lipinski definition) is 7. The molecule has 1 fully saturated rings. The van der Waals surface area contributed by atoms with Crippen molar-refractivity contribution >= 4 is 40.5 Å². The van der Waals surface area contributed by atoms with Crippen molar-refractivity contribution in [2.75, 3.05) is 30.4 Å². The Morgan fingerprint density at radius 2 is 1.86 bits per heavy atom. The van der Waals surface area contributed by atoms with E-state index < -0.39 is 11.8 Å². The monoisotopic (exact) mass is 478 g/mol. The molecule has 1 heterocycles. The highest BCUT2D eigenvalue weighted by atomic mass is 16.5. The zero-order valence-electron chi connectivity index (χ0n) is 19.8. The molecule has 2 aromatic carbocycles. The van der Waals surface area contributed by atoms with Gasteiger partial charge in [-0.1, -0.05) is 0 Å². The van der Waals surface area contributed by atoms with Crippen molar-refractivity contribution in [1.29, 1.82) is 0 Å². The van der Waals surface area contributed by atoms with E-state index in [0.717, 1.165) is 5.56 Å². The van der Waals surface area contributed by atoms with E-state index in [1.807, 2.05) is 13.0 Å². The number of methoxy groups -OCH3 is 1. The predicted molar refractivity (Wildman–Crippen MR) is 136 cm³/mol. The van der Waals surface area contributed by atoms with Crippen LogP contribution in [0.3, 0.4) is 0 Å². The smallest absolute Gasteiger partial charge is 0.277 e. The van der Waals surface area contributed by atoms with Gasteiger partial charge >= 0.3 is 0 Å². The average molecular weight is 479 g/mol. The van der Waals surface area contributed by atoms with E-state index in [-0.39, 0.29) is 23.9 Å². The van der Waals surface area contributed by atoms with E-state index in [0.29, 0.717) is 54.2 Å². The second-order valence-electron chi connectivity index (χ2n) is 8.06. The first-order valence-electron chi connectivity index (χ1n) is 11.2. The molecule has 0 saturated carbocycles. The summed E-state index contributed by atoms with van der Waals surface area (Å²) in [6, 6.07) is 12.1. The van der Waals surface area contributed by atoms with Crippen LogP contribution in [0, 0.1) is 6.92 Å². The van der Waals surface area contributed by atoms with Crippen molar-refractivity contribution < 1.29 is 19.1 Å². The van der Waals surface area contributed by atoms with Crippen molar-refractivity contribution in [3.05, 3.63) is 59.3 Å². The third-order valence-electron chi connectivity index (χ3n) is 5.63. The maximum atomic E-state index is 13.5. The van der Waals surface area contributed by atoms with Crippen LogP contribution in [0.2, 0.25) is 0 Å². The number of benzene rings is 2. The molecule has 184 valence electrons. The van der Waals surface area contributed by atoms with E-state index >= 15 is 0 Å². The average Bonchev–Trinajstić information content (AvgIpc) is 2.85. The summed E-state index contributed by atoms with van der Waals surface area (Å²) < 4.78 is 5.16. The molecule has 0 bridgehead atoms. The standard InChI is InChI=1S/C25H30N6O4/c1-15-14-17(7-10-20(15)30-21(32)4-3-12-26)31-13-11-19(22(27)24(28)33)23(25(31)34)29-16-5-8-18(35-2)9-6-16/h5-10,14H,3-4,11-13,26-27H2,1-2H3,(H2,28,33)(H,30,32). The normalized spacial score (nSPS) is 16.3. The van der Waals surface area contributed by atoms with E-state index in [4.69, 9.17) is 21.9 Å². The number of nitrogens with two attached hydrogens (primary N) is 3. The van der Waals surface area contributed by atoms with Gasteiger partial charge in [0.1, 0.15) is 17.2 Å². The van der Waals surface area contributed by atoms with Gasteiger partial charge in [0, 0.05) is 29.9 Å². The van der Waals surface area contributed by atoms with E-state index in [2.05, 4.69) is 10.3 Å². The molecule has 1 saturated heterocycles. The number of primary amides is 1. The molecule has 0 aliphatic carbocycles. The first-order valence-corrected chi connectivity index (χ1v) is 11.2. The Balaban J connectivity index is 1.94. The van der Waals surface area contributed by atoms with Gasteiger partial charge in [-0.05, 0) is 74.3 Å². The highest BCUT2D eigenvalue weighted by molar-refractivity contribution is 6.51. The summed E-state index contributed by atoms with van der Waals surface area (Å²) >= 11 is 0. The van der Waals surface area contributed by atoms with Crippen molar-refractivity contribution in [3.8, 4) is 5.75 Å². The topological polar surface area (TPSA) is 166 Å². The molecule has 1 aliphatic rings. The van der Waals surface area contributed by atoms with Crippen molar-refractivity contribution in [2.24, 2.45) is 22.2 Å². The molecule has 0 radical (unpaired) electrons. The quantitative estimate of drug-likeness (QED) is 0.423. The summed E-state index contributed by atoms with van der Waals surface area (Å²) in [4.78, 5) is 43.4. The van der Waals surface area contributed by atoms with E-state index in [9.17, 15) is 14.4 Å². The molecule has 3 amide bonds. The SMILES string of the molecule is COc1ccc(N=C2C(=O)N(c3ccc(NC(=O)CCCN)c(C)c3)CCC2=C(N)C(N)=O)cc1. The Hall–Kier alpha value is -4.18. The van der Waals surface area contributed by atoms with Gasteiger partial charge in [-0.15, -0.1) is 0 Å². The van der Waals surface area contributed by atoms with Crippen LogP contribution in [-0.2, 0) is 14.4 Å². The maximum Gasteiger partial charge on any atom is 0.277 e. The molecule has 10 heteroatoms. The molecule has 2 aromatic rings. The fourth-order valence-corrected chi connectivity index (χ4v) is 3.69. The predicted octanol–water partition coefficient (Wildman–Crippen LogP) is 1.89. The van der Waals surface area contributed by atoms with Crippen LogP contribution < -0.4 is 32.2 Å². The number of nitrogens with one attached hydrogen (secondary N) is 1. The lowest BCUT2D eigenvalue weighted by molar-refractivity contribution is -0.116. The number of carbonyl (C=O) groups excluding carboxylic acids is 3. The van der Waals surface area contributed by atoms with Gasteiger partial charge in [0.15, 0.2) is 0 Å².